The highest BCUT2D eigenvalue weighted by Crippen LogP contribution is 2.52. The molecule has 0 aromatic heterocycles. The Bertz CT molecular complexity index is 2010. The van der Waals surface area contributed by atoms with E-state index in [1.165, 1.54) is 14.0 Å². The van der Waals surface area contributed by atoms with Crippen molar-refractivity contribution in [2.24, 2.45) is 0 Å². The number of nitrogens with one attached hydrogen (secondary N) is 2. The summed E-state index contributed by atoms with van der Waals surface area (Å²) >= 11 is 1.69. The zero-order valence-electron chi connectivity index (χ0n) is 34.9. The Balaban J connectivity index is 1.51. The predicted octanol–water partition coefficient (Wildman–Crippen LogP) is 5.16. The molecule has 0 spiro atoms. The Morgan fingerprint density at radius 3 is 2.45 bits per heavy atom. The first kappa shape index (κ1) is 43.2. The van der Waals surface area contributed by atoms with E-state index in [1.807, 2.05) is 27.8 Å². The Hall–Kier alpha value is -4.41. The average Bonchev–Trinajstić information content (AvgIpc) is 3.68. The van der Waals surface area contributed by atoms with Gasteiger partial charge in [0.1, 0.15) is 25.0 Å². The molecule has 0 radical (unpaired) electrons. The van der Waals surface area contributed by atoms with E-state index in [0.717, 1.165) is 28.7 Å². The second-order valence-electron chi connectivity index (χ2n) is 15.1. The number of benzene rings is 3. The Labute approximate surface area is 344 Å². The Morgan fingerprint density at radius 1 is 1.02 bits per heavy atom. The first-order valence-electron chi connectivity index (χ1n) is 19.7. The standard InChI is InChI=1S/C43H57N3O11S/c1-22-15-28-11-10-14-46(31(20-58-9)37(44-6)35(28)42(38(22)52-8)53-18-23(2)47)30(34-24(3)39(57-26(5)48)25(4)40-41(34)56-21-55-40)19-54-43(50)36-29-17-33(51-7)32(49)16-27(29)12-13-45-36/h15-17,23,30-31,36-37,44-45,47,49H,10-14,18-21H2,1-9H3/t23?,30-,31?,36+,37-/m0/s1. The molecule has 0 aliphatic carbocycles. The van der Waals surface area contributed by atoms with Gasteiger partial charge in [-0.1, -0.05) is 6.07 Å². The van der Waals surface area contributed by atoms with Gasteiger partial charge in [-0.05, 0) is 101 Å². The number of carbonyl (C=O) groups excluding carboxylic acids is 2. The normalized spacial score (nSPS) is 19.9. The minimum atomic E-state index is -0.810. The number of nitrogens with zero attached hydrogens (tertiary/aromatic N) is 1. The van der Waals surface area contributed by atoms with E-state index in [0.29, 0.717) is 82.7 Å². The van der Waals surface area contributed by atoms with Crippen molar-refractivity contribution in [3.05, 3.63) is 62.7 Å². The molecule has 3 heterocycles. The summed E-state index contributed by atoms with van der Waals surface area (Å²) in [6.07, 6.45) is 3.41. The van der Waals surface area contributed by atoms with Crippen LogP contribution in [-0.2, 0) is 27.2 Å². The average molecular weight is 824 g/mol. The van der Waals surface area contributed by atoms with Gasteiger partial charge in [0.15, 0.2) is 34.5 Å². The quantitative estimate of drug-likeness (QED) is 0.124. The van der Waals surface area contributed by atoms with E-state index in [9.17, 15) is 19.8 Å². The van der Waals surface area contributed by atoms with Crippen LogP contribution in [0.5, 0.6) is 40.2 Å². The molecule has 58 heavy (non-hydrogen) atoms. The third-order valence-corrected chi connectivity index (χ3v) is 11.9. The lowest BCUT2D eigenvalue weighted by molar-refractivity contribution is -0.149. The van der Waals surface area contributed by atoms with Crippen LogP contribution in [0.2, 0.25) is 0 Å². The second-order valence-corrected chi connectivity index (χ2v) is 16.0. The molecule has 3 aromatic rings. The highest BCUT2D eigenvalue weighted by atomic mass is 32.2. The monoisotopic (exact) mass is 823 g/mol. The predicted molar refractivity (Wildman–Crippen MR) is 220 cm³/mol. The molecule has 0 amide bonds. The lowest BCUT2D eigenvalue weighted by atomic mass is 9.85. The lowest BCUT2D eigenvalue weighted by Crippen LogP contribution is -2.50. The molecule has 0 fully saturated rings. The van der Waals surface area contributed by atoms with Gasteiger partial charge < -0.3 is 54.0 Å². The number of phenols is 1. The minimum Gasteiger partial charge on any atom is -0.504 e. The fraction of sp³-hybridized carbons (Fsp3) is 0.535. The molecule has 14 nitrogen and oxygen atoms in total. The maximum absolute atomic E-state index is 14.3. The molecule has 2 unspecified atom stereocenters. The molecule has 0 bridgehead atoms. The number of aliphatic hydroxyl groups is 1. The smallest absolute Gasteiger partial charge is 0.327 e. The summed E-state index contributed by atoms with van der Waals surface area (Å²) in [6, 6.07) is 3.50. The molecule has 3 aliphatic heterocycles. The van der Waals surface area contributed by atoms with Crippen LogP contribution < -0.4 is 39.1 Å². The number of hydrogen-bond donors (Lipinski definition) is 4. The Kier molecular flexibility index (Phi) is 13.9. The van der Waals surface area contributed by atoms with Crippen molar-refractivity contribution in [2.75, 3.05) is 66.4 Å². The van der Waals surface area contributed by atoms with Crippen LogP contribution in [0.4, 0.5) is 0 Å². The molecule has 0 saturated heterocycles. The van der Waals surface area contributed by atoms with Crippen LogP contribution in [0.25, 0.3) is 0 Å². The zero-order valence-corrected chi connectivity index (χ0v) is 35.7. The van der Waals surface area contributed by atoms with Gasteiger partial charge in [-0.15, -0.1) is 0 Å². The summed E-state index contributed by atoms with van der Waals surface area (Å²) in [5, 5.41) is 27.8. The van der Waals surface area contributed by atoms with E-state index in [4.69, 9.17) is 33.2 Å². The number of fused-ring (bicyclic) bond motifs is 3. The molecular formula is C43H57N3O11S. The number of carbonyl (C=O) groups is 2. The van der Waals surface area contributed by atoms with Crippen LogP contribution in [0.15, 0.2) is 18.2 Å². The van der Waals surface area contributed by atoms with Gasteiger partial charge >= 0.3 is 11.9 Å². The SMILES string of the molecule is CN[C@@H]1c2c(cc(C)c(OC)c2OCC(C)O)CCCN([C@@H](COC(=O)[C@@H]2NCCc3cc(O)c(OC)cc32)c2c(C)c(OC(C)=O)c(C)c3c2OCO3)C1CSC. The molecule has 4 N–H and O–H groups in total. The fourth-order valence-corrected chi connectivity index (χ4v) is 9.48. The van der Waals surface area contributed by atoms with E-state index >= 15 is 0 Å². The van der Waals surface area contributed by atoms with Gasteiger partial charge in [0.25, 0.3) is 0 Å². The fourth-order valence-electron chi connectivity index (χ4n) is 8.76. The Morgan fingerprint density at radius 2 is 1.78 bits per heavy atom. The number of hydrogen-bond acceptors (Lipinski definition) is 15. The van der Waals surface area contributed by atoms with Crippen molar-refractivity contribution in [1.29, 1.82) is 0 Å². The minimum absolute atomic E-state index is 0.00891. The molecule has 0 saturated carbocycles. The topological polar surface area (TPSA) is 167 Å². The summed E-state index contributed by atoms with van der Waals surface area (Å²) in [4.78, 5) is 29.2. The lowest BCUT2D eigenvalue weighted by Gasteiger charge is -2.44. The van der Waals surface area contributed by atoms with Gasteiger partial charge in [0.05, 0.1) is 32.4 Å². The van der Waals surface area contributed by atoms with E-state index in [2.05, 4.69) is 27.9 Å². The molecule has 316 valence electrons. The maximum Gasteiger partial charge on any atom is 0.327 e. The van der Waals surface area contributed by atoms with E-state index in [1.54, 1.807) is 37.9 Å². The number of esters is 2. The number of thioether (sulfide) groups is 1. The highest BCUT2D eigenvalue weighted by molar-refractivity contribution is 7.98. The molecule has 15 heteroatoms. The van der Waals surface area contributed by atoms with Gasteiger partial charge in [0.2, 0.25) is 6.79 Å². The number of aromatic hydroxyl groups is 1. The van der Waals surface area contributed by atoms with E-state index < -0.39 is 30.1 Å². The van der Waals surface area contributed by atoms with Crippen molar-refractivity contribution < 1.29 is 53.0 Å². The third-order valence-electron chi connectivity index (χ3n) is 11.2. The van der Waals surface area contributed by atoms with Crippen LogP contribution in [-0.4, -0.2) is 106 Å². The summed E-state index contributed by atoms with van der Waals surface area (Å²) < 4.78 is 42.3. The summed E-state index contributed by atoms with van der Waals surface area (Å²) in [7, 11) is 5.02. The number of phenolic OH excluding ortho intramolecular Hbond substituents is 1. The molecule has 3 aliphatic rings. The number of aryl methyl sites for hydroxylation is 2. The summed E-state index contributed by atoms with van der Waals surface area (Å²) in [6.45, 7) is 9.85. The van der Waals surface area contributed by atoms with E-state index in [-0.39, 0.29) is 43.6 Å². The van der Waals surface area contributed by atoms with Crippen LogP contribution in [0.1, 0.15) is 82.9 Å². The van der Waals surface area contributed by atoms with Crippen molar-refractivity contribution in [3.63, 3.8) is 0 Å². The van der Waals surface area contributed by atoms with Crippen molar-refractivity contribution in [2.45, 2.75) is 84.2 Å². The number of ether oxygens (including phenoxy) is 7. The third kappa shape index (κ3) is 8.51. The largest absolute Gasteiger partial charge is 0.504 e. The highest BCUT2D eigenvalue weighted by Gasteiger charge is 2.42. The molecular weight excluding hydrogens is 767 g/mol. The first-order chi connectivity index (χ1) is 27.8. The maximum atomic E-state index is 14.3. The summed E-state index contributed by atoms with van der Waals surface area (Å²) in [5.74, 6) is 2.51. The number of aliphatic hydroxyl groups excluding tert-OH is 1. The van der Waals surface area contributed by atoms with Gasteiger partial charge in [-0.25, -0.2) is 4.79 Å². The van der Waals surface area contributed by atoms with Crippen LogP contribution in [0, 0.1) is 20.8 Å². The molecule has 5 atom stereocenters. The van der Waals surface area contributed by atoms with Crippen molar-refractivity contribution >= 4 is 23.7 Å². The summed E-state index contributed by atoms with van der Waals surface area (Å²) in [5.41, 5.74) is 6.51. The second kappa shape index (κ2) is 18.7. The van der Waals surface area contributed by atoms with Crippen LogP contribution >= 0.6 is 11.8 Å². The van der Waals surface area contributed by atoms with Gasteiger partial charge in [-0.3, -0.25) is 9.69 Å². The number of likely N-dealkylation sites (N-methyl/N-ethyl adjacent to an activating group) is 1. The van der Waals surface area contributed by atoms with Crippen molar-refractivity contribution in [1.82, 2.24) is 15.5 Å². The van der Waals surface area contributed by atoms with Gasteiger partial charge in [-0.2, -0.15) is 11.8 Å². The number of rotatable bonds is 14. The van der Waals surface area contributed by atoms with Crippen molar-refractivity contribution in [3.8, 4) is 40.2 Å². The van der Waals surface area contributed by atoms with Gasteiger partial charge in [0, 0.05) is 47.5 Å². The first-order valence-corrected chi connectivity index (χ1v) is 21.1. The van der Waals surface area contributed by atoms with Crippen LogP contribution in [0.3, 0.4) is 0 Å². The molecule has 6 rings (SSSR count). The molecule has 3 aromatic carbocycles. The zero-order chi connectivity index (χ0) is 41.8. The number of methoxy groups -OCH3 is 2.